The maximum atomic E-state index is 12.8. The lowest BCUT2D eigenvalue weighted by molar-refractivity contribution is -0.147. The zero-order valence-corrected chi connectivity index (χ0v) is 13.4. The number of aryl methyl sites for hydroxylation is 1. The van der Waals surface area contributed by atoms with Gasteiger partial charge in [0.1, 0.15) is 16.7 Å². The number of fused-ring (bicyclic) bond motifs is 1. The Morgan fingerprint density at radius 3 is 2.36 bits per heavy atom. The quantitative estimate of drug-likeness (QED) is 0.493. The molecule has 1 heterocycles. The molecule has 0 radical (unpaired) electrons. The standard InChI is InChI=1S/C17H19NO4/c1-10-6-7-11-12(8-9-13(21-4)14(11)18-10)15(19)17(2,3)16(20)22-5/h6-9H,1-5H3. The Kier molecular flexibility index (Phi) is 4.17. The molecule has 0 N–H and O–H groups in total. The largest absolute Gasteiger partial charge is 0.494 e. The molecule has 22 heavy (non-hydrogen) atoms. The molecule has 0 spiro atoms. The number of hydrogen-bond donors (Lipinski definition) is 0. The van der Waals surface area contributed by atoms with Crippen LogP contribution in [0.5, 0.6) is 5.75 Å². The molecule has 2 aromatic rings. The molecule has 0 aliphatic rings. The Labute approximate surface area is 129 Å². The van der Waals surface area contributed by atoms with Crippen LogP contribution in [-0.4, -0.2) is 31.0 Å². The number of Topliss-reactive ketones (excluding diaryl/α,β-unsaturated/α-hetero) is 1. The third-order valence-electron chi connectivity index (χ3n) is 3.69. The van der Waals surface area contributed by atoms with Gasteiger partial charge in [0.2, 0.25) is 0 Å². The average Bonchev–Trinajstić information content (AvgIpc) is 2.51. The molecule has 0 saturated carbocycles. The number of hydrogen-bond acceptors (Lipinski definition) is 5. The molecule has 0 bridgehead atoms. The number of benzene rings is 1. The topological polar surface area (TPSA) is 65.5 Å². The second-order valence-electron chi connectivity index (χ2n) is 5.61. The van der Waals surface area contributed by atoms with Gasteiger partial charge in [0.05, 0.1) is 14.2 Å². The number of methoxy groups -OCH3 is 2. The molecule has 116 valence electrons. The van der Waals surface area contributed by atoms with Crippen molar-refractivity contribution in [2.75, 3.05) is 14.2 Å². The van der Waals surface area contributed by atoms with Gasteiger partial charge in [-0.1, -0.05) is 6.07 Å². The minimum Gasteiger partial charge on any atom is -0.494 e. The van der Waals surface area contributed by atoms with Gasteiger partial charge in [-0.05, 0) is 39.0 Å². The Bertz CT molecular complexity index is 750. The fraction of sp³-hybridized carbons (Fsp3) is 0.353. The monoisotopic (exact) mass is 301 g/mol. The number of rotatable bonds is 4. The highest BCUT2D eigenvalue weighted by Crippen LogP contribution is 2.32. The van der Waals surface area contributed by atoms with Crippen LogP contribution >= 0.6 is 0 Å². The molecular weight excluding hydrogens is 282 g/mol. The van der Waals surface area contributed by atoms with E-state index in [0.29, 0.717) is 22.2 Å². The van der Waals surface area contributed by atoms with Gasteiger partial charge in [0.25, 0.3) is 0 Å². The summed E-state index contributed by atoms with van der Waals surface area (Å²) < 4.78 is 10.0. The second-order valence-corrected chi connectivity index (χ2v) is 5.61. The molecule has 0 amide bonds. The molecule has 2 rings (SSSR count). The number of carbonyl (C=O) groups excluding carboxylic acids is 2. The molecular formula is C17H19NO4. The smallest absolute Gasteiger partial charge is 0.319 e. The molecule has 1 aromatic heterocycles. The number of ketones is 1. The van der Waals surface area contributed by atoms with Crippen LogP contribution in [0, 0.1) is 12.3 Å². The molecule has 5 heteroatoms. The molecule has 0 saturated heterocycles. The zero-order valence-electron chi connectivity index (χ0n) is 13.4. The first-order valence-corrected chi connectivity index (χ1v) is 6.90. The summed E-state index contributed by atoms with van der Waals surface area (Å²) in [6.45, 7) is 4.98. The van der Waals surface area contributed by atoms with E-state index < -0.39 is 11.4 Å². The van der Waals surface area contributed by atoms with Gasteiger partial charge in [-0.25, -0.2) is 4.98 Å². The average molecular weight is 301 g/mol. The SMILES string of the molecule is COC(=O)C(C)(C)C(=O)c1ccc(OC)c2nc(C)ccc12. The van der Waals surface area contributed by atoms with Gasteiger partial charge in [0.15, 0.2) is 5.78 Å². The minimum absolute atomic E-state index is 0.308. The van der Waals surface area contributed by atoms with Gasteiger partial charge < -0.3 is 9.47 Å². The number of carbonyl (C=O) groups is 2. The van der Waals surface area contributed by atoms with Crippen molar-refractivity contribution in [1.82, 2.24) is 4.98 Å². The maximum Gasteiger partial charge on any atom is 0.319 e. The molecule has 0 unspecified atom stereocenters. The number of nitrogens with zero attached hydrogens (tertiary/aromatic N) is 1. The van der Waals surface area contributed by atoms with E-state index in [1.54, 1.807) is 33.1 Å². The van der Waals surface area contributed by atoms with Crippen LogP contribution in [0.4, 0.5) is 0 Å². The van der Waals surface area contributed by atoms with Gasteiger partial charge in [-0.3, -0.25) is 9.59 Å². The molecule has 5 nitrogen and oxygen atoms in total. The van der Waals surface area contributed by atoms with E-state index in [9.17, 15) is 9.59 Å². The number of ether oxygens (including phenoxy) is 2. The molecule has 0 atom stereocenters. The third-order valence-corrected chi connectivity index (χ3v) is 3.69. The Morgan fingerprint density at radius 1 is 1.09 bits per heavy atom. The Hall–Kier alpha value is -2.43. The van der Waals surface area contributed by atoms with E-state index in [1.165, 1.54) is 7.11 Å². The second kappa shape index (κ2) is 5.75. The van der Waals surface area contributed by atoms with E-state index in [0.717, 1.165) is 5.69 Å². The van der Waals surface area contributed by atoms with Crippen LogP contribution in [0.3, 0.4) is 0 Å². The molecule has 0 aliphatic heterocycles. The van der Waals surface area contributed by atoms with Crippen LogP contribution in [0.25, 0.3) is 10.9 Å². The summed E-state index contributed by atoms with van der Waals surface area (Å²) in [6, 6.07) is 6.99. The van der Waals surface area contributed by atoms with Gasteiger partial charge in [-0.2, -0.15) is 0 Å². The van der Waals surface area contributed by atoms with Crippen LogP contribution in [0.1, 0.15) is 29.9 Å². The van der Waals surface area contributed by atoms with E-state index >= 15 is 0 Å². The van der Waals surface area contributed by atoms with Crippen LogP contribution in [0.15, 0.2) is 24.3 Å². The summed E-state index contributed by atoms with van der Waals surface area (Å²) in [5.74, 6) is -0.287. The summed E-state index contributed by atoms with van der Waals surface area (Å²) in [6.07, 6.45) is 0. The summed E-state index contributed by atoms with van der Waals surface area (Å²) in [7, 11) is 2.83. The van der Waals surface area contributed by atoms with Crippen LogP contribution in [0.2, 0.25) is 0 Å². The lowest BCUT2D eigenvalue weighted by Gasteiger charge is -2.21. The lowest BCUT2D eigenvalue weighted by Crippen LogP contribution is -2.34. The van der Waals surface area contributed by atoms with Crippen molar-refractivity contribution in [1.29, 1.82) is 0 Å². The first kappa shape index (κ1) is 15.9. The highest BCUT2D eigenvalue weighted by molar-refractivity contribution is 6.17. The fourth-order valence-corrected chi connectivity index (χ4v) is 2.34. The molecule has 0 fully saturated rings. The predicted molar refractivity (Wildman–Crippen MR) is 83.2 cm³/mol. The van der Waals surface area contributed by atoms with Gasteiger partial charge in [-0.15, -0.1) is 0 Å². The van der Waals surface area contributed by atoms with Gasteiger partial charge in [0, 0.05) is 16.6 Å². The molecule has 0 aliphatic carbocycles. The van der Waals surface area contributed by atoms with Crippen molar-refractivity contribution in [3.05, 3.63) is 35.5 Å². The normalized spacial score (nSPS) is 11.3. The van der Waals surface area contributed by atoms with E-state index in [4.69, 9.17) is 9.47 Å². The van der Waals surface area contributed by atoms with Crippen molar-refractivity contribution >= 4 is 22.7 Å². The van der Waals surface area contributed by atoms with E-state index in [-0.39, 0.29) is 5.78 Å². The molecule has 1 aromatic carbocycles. The van der Waals surface area contributed by atoms with Crippen molar-refractivity contribution in [2.45, 2.75) is 20.8 Å². The van der Waals surface area contributed by atoms with Crippen molar-refractivity contribution in [2.24, 2.45) is 5.41 Å². The van der Waals surface area contributed by atoms with Crippen molar-refractivity contribution in [3.63, 3.8) is 0 Å². The summed E-state index contributed by atoms with van der Waals surface area (Å²) >= 11 is 0. The highest BCUT2D eigenvalue weighted by atomic mass is 16.5. The Balaban J connectivity index is 2.67. The van der Waals surface area contributed by atoms with Crippen LogP contribution in [-0.2, 0) is 9.53 Å². The summed E-state index contributed by atoms with van der Waals surface area (Å²) in [4.78, 5) is 29.1. The van der Waals surface area contributed by atoms with E-state index in [2.05, 4.69) is 4.98 Å². The van der Waals surface area contributed by atoms with Crippen molar-refractivity contribution < 1.29 is 19.1 Å². The van der Waals surface area contributed by atoms with E-state index in [1.807, 2.05) is 19.1 Å². The predicted octanol–water partition coefficient (Wildman–Crippen LogP) is 2.93. The Morgan fingerprint density at radius 2 is 1.77 bits per heavy atom. The van der Waals surface area contributed by atoms with Crippen molar-refractivity contribution in [3.8, 4) is 5.75 Å². The number of pyridine rings is 1. The highest BCUT2D eigenvalue weighted by Gasteiger charge is 2.38. The van der Waals surface area contributed by atoms with Crippen LogP contribution < -0.4 is 4.74 Å². The third kappa shape index (κ3) is 2.54. The summed E-state index contributed by atoms with van der Waals surface area (Å²) in [5.41, 5.74) is 0.594. The summed E-state index contributed by atoms with van der Waals surface area (Å²) in [5, 5.41) is 0.659. The number of esters is 1. The zero-order chi connectivity index (χ0) is 16.5. The number of aromatic nitrogens is 1. The fourth-order valence-electron chi connectivity index (χ4n) is 2.34. The first-order valence-electron chi connectivity index (χ1n) is 6.90. The van der Waals surface area contributed by atoms with Gasteiger partial charge >= 0.3 is 5.97 Å². The lowest BCUT2D eigenvalue weighted by atomic mass is 9.83. The maximum absolute atomic E-state index is 12.8. The minimum atomic E-state index is -1.26. The first-order chi connectivity index (χ1) is 10.3.